The van der Waals surface area contributed by atoms with Crippen molar-refractivity contribution in [3.63, 3.8) is 0 Å². The van der Waals surface area contributed by atoms with Gasteiger partial charge in [0, 0.05) is 5.69 Å². The van der Waals surface area contributed by atoms with Crippen molar-refractivity contribution in [1.82, 2.24) is 9.97 Å². The van der Waals surface area contributed by atoms with Crippen LogP contribution in [0.1, 0.15) is 16.1 Å². The molecule has 6 heteroatoms. The minimum atomic E-state index is -0.388. The van der Waals surface area contributed by atoms with Gasteiger partial charge < -0.3 is 10.6 Å². The lowest BCUT2D eigenvalue weighted by molar-refractivity contribution is 0.102. The molecule has 120 valence electrons. The van der Waals surface area contributed by atoms with E-state index in [-0.39, 0.29) is 17.4 Å². The first-order valence-corrected chi connectivity index (χ1v) is 7.33. The predicted molar refractivity (Wildman–Crippen MR) is 90.8 cm³/mol. The van der Waals surface area contributed by atoms with E-state index in [9.17, 15) is 9.18 Å². The molecule has 1 amide bonds. The number of aryl methyl sites for hydroxylation is 1. The van der Waals surface area contributed by atoms with Crippen LogP contribution in [0, 0.1) is 12.7 Å². The standard InChI is InChI=1S/C18H15FN4O/c1-12-6-8-13(9-7-12)22-18(24)16-10-21-17(11-20-16)23-15-5-3-2-4-14(15)19/h2-11H,1H3,(H,21,23)(H,22,24). The highest BCUT2D eigenvalue weighted by Gasteiger charge is 2.09. The Kier molecular flexibility index (Phi) is 4.47. The number of nitrogens with zero attached hydrogens (tertiary/aromatic N) is 2. The van der Waals surface area contributed by atoms with Crippen LogP contribution in [0.2, 0.25) is 0 Å². The highest BCUT2D eigenvalue weighted by atomic mass is 19.1. The molecule has 0 radical (unpaired) electrons. The SMILES string of the molecule is Cc1ccc(NC(=O)c2cnc(Nc3ccccc3F)cn2)cc1. The number of amides is 1. The quantitative estimate of drug-likeness (QED) is 0.764. The summed E-state index contributed by atoms with van der Waals surface area (Å²) in [4.78, 5) is 20.3. The number of aromatic nitrogens is 2. The molecule has 0 fully saturated rings. The maximum Gasteiger partial charge on any atom is 0.275 e. The van der Waals surface area contributed by atoms with Crippen molar-refractivity contribution in [1.29, 1.82) is 0 Å². The number of hydrogen-bond donors (Lipinski definition) is 2. The lowest BCUT2D eigenvalue weighted by Crippen LogP contribution is -2.14. The third-order valence-electron chi connectivity index (χ3n) is 3.33. The summed E-state index contributed by atoms with van der Waals surface area (Å²) in [6, 6.07) is 13.7. The number of halogens is 1. The van der Waals surface area contributed by atoms with Crippen LogP contribution in [0.5, 0.6) is 0 Å². The van der Waals surface area contributed by atoms with Crippen LogP contribution in [0.4, 0.5) is 21.6 Å². The second-order valence-corrected chi connectivity index (χ2v) is 5.21. The molecular formula is C18H15FN4O. The van der Waals surface area contributed by atoms with E-state index in [1.807, 2.05) is 31.2 Å². The Morgan fingerprint density at radius 2 is 1.75 bits per heavy atom. The number of rotatable bonds is 4. The Morgan fingerprint density at radius 3 is 2.42 bits per heavy atom. The minimum absolute atomic E-state index is 0.176. The topological polar surface area (TPSA) is 66.9 Å². The number of para-hydroxylation sites is 1. The first-order valence-electron chi connectivity index (χ1n) is 7.33. The van der Waals surface area contributed by atoms with Crippen LogP contribution in [0.25, 0.3) is 0 Å². The number of carbonyl (C=O) groups excluding carboxylic acids is 1. The molecule has 2 N–H and O–H groups in total. The lowest BCUT2D eigenvalue weighted by atomic mass is 10.2. The second-order valence-electron chi connectivity index (χ2n) is 5.21. The number of nitrogens with one attached hydrogen (secondary N) is 2. The maximum atomic E-state index is 13.6. The average Bonchev–Trinajstić information content (AvgIpc) is 2.59. The van der Waals surface area contributed by atoms with Gasteiger partial charge in [0.1, 0.15) is 17.3 Å². The van der Waals surface area contributed by atoms with Crippen molar-refractivity contribution in [2.24, 2.45) is 0 Å². The van der Waals surface area contributed by atoms with E-state index in [1.54, 1.807) is 18.2 Å². The Morgan fingerprint density at radius 1 is 1.00 bits per heavy atom. The summed E-state index contributed by atoms with van der Waals surface area (Å²) < 4.78 is 13.6. The zero-order valence-corrected chi connectivity index (χ0v) is 13.0. The smallest absolute Gasteiger partial charge is 0.275 e. The summed E-state index contributed by atoms with van der Waals surface area (Å²) in [5.41, 5.74) is 2.26. The van der Waals surface area contributed by atoms with E-state index in [1.165, 1.54) is 18.5 Å². The molecule has 0 unspecified atom stereocenters. The fraction of sp³-hybridized carbons (Fsp3) is 0.0556. The normalized spacial score (nSPS) is 10.2. The van der Waals surface area contributed by atoms with E-state index < -0.39 is 0 Å². The van der Waals surface area contributed by atoms with Gasteiger partial charge in [-0.25, -0.2) is 14.4 Å². The Labute approximate surface area is 138 Å². The van der Waals surface area contributed by atoms with Crippen LogP contribution in [0.3, 0.4) is 0 Å². The number of carbonyl (C=O) groups is 1. The molecule has 0 aliphatic heterocycles. The molecule has 0 saturated carbocycles. The largest absolute Gasteiger partial charge is 0.337 e. The van der Waals surface area contributed by atoms with Crippen LogP contribution < -0.4 is 10.6 Å². The van der Waals surface area contributed by atoms with Gasteiger partial charge in [0.25, 0.3) is 5.91 Å². The van der Waals surface area contributed by atoms with Crippen molar-refractivity contribution < 1.29 is 9.18 Å². The molecular weight excluding hydrogens is 307 g/mol. The summed E-state index contributed by atoms with van der Waals surface area (Å²) >= 11 is 0. The molecule has 24 heavy (non-hydrogen) atoms. The van der Waals surface area contributed by atoms with Crippen molar-refractivity contribution in [2.75, 3.05) is 10.6 Å². The van der Waals surface area contributed by atoms with Crippen molar-refractivity contribution in [3.8, 4) is 0 Å². The van der Waals surface area contributed by atoms with Crippen LogP contribution in [-0.2, 0) is 0 Å². The van der Waals surface area contributed by atoms with Gasteiger partial charge in [-0.15, -0.1) is 0 Å². The van der Waals surface area contributed by atoms with E-state index in [0.717, 1.165) is 5.56 Å². The first-order chi connectivity index (χ1) is 11.6. The minimum Gasteiger partial charge on any atom is -0.337 e. The molecule has 0 atom stereocenters. The summed E-state index contributed by atoms with van der Waals surface area (Å²) in [7, 11) is 0. The van der Waals surface area contributed by atoms with Crippen molar-refractivity contribution in [3.05, 3.63) is 78.0 Å². The highest BCUT2D eigenvalue weighted by molar-refractivity contribution is 6.02. The van der Waals surface area contributed by atoms with E-state index in [4.69, 9.17) is 0 Å². The monoisotopic (exact) mass is 322 g/mol. The van der Waals surface area contributed by atoms with Crippen molar-refractivity contribution in [2.45, 2.75) is 6.92 Å². The molecule has 0 saturated heterocycles. The number of hydrogen-bond acceptors (Lipinski definition) is 4. The Balaban J connectivity index is 1.68. The fourth-order valence-corrected chi connectivity index (χ4v) is 2.04. The number of benzene rings is 2. The third kappa shape index (κ3) is 3.73. The van der Waals surface area contributed by atoms with Gasteiger partial charge in [-0.05, 0) is 31.2 Å². The Hall–Kier alpha value is -3.28. The summed E-state index contributed by atoms with van der Waals surface area (Å²) in [5, 5.41) is 5.56. The number of anilines is 3. The highest BCUT2D eigenvalue weighted by Crippen LogP contribution is 2.17. The van der Waals surface area contributed by atoms with Gasteiger partial charge >= 0.3 is 0 Å². The molecule has 1 heterocycles. The summed E-state index contributed by atoms with van der Waals surface area (Å²) in [6.45, 7) is 1.97. The van der Waals surface area contributed by atoms with E-state index >= 15 is 0 Å². The summed E-state index contributed by atoms with van der Waals surface area (Å²) in [5.74, 6) is -0.392. The van der Waals surface area contributed by atoms with Gasteiger partial charge in [-0.1, -0.05) is 29.8 Å². The Bertz CT molecular complexity index is 848. The van der Waals surface area contributed by atoms with Crippen molar-refractivity contribution >= 4 is 23.1 Å². The van der Waals surface area contributed by atoms with Gasteiger partial charge in [0.15, 0.2) is 0 Å². The molecule has 0 spiro atoms. The molecule has 2 aromatic carbocycles. The molecule has 0 aliphatic carbocycles. The lowest BCUT2D eigenvalue weighted by Gasteiger charge is -2.07. The fourth-order valence-electron chi connectivity index (χ4n) is 2.04. The van der Waals surface area contributed by atoms with Crippen LogP contribution in [0.15, 0.2) is 60.9 Å². The molecule has 0 bridgehead atoms. The van der Waals surface area contributed by atoms with Gasteiger partial charge in [-0.2, -0.15) is 0 Å². The second kappa shape index (κ2) is 6.87. The molecule has 5 nitrogen and oxygen atoms in total. The zero-order chi connectivity index (χ0) is 16.9. The predicted octanol–water partition coefficient (Wildman–Crippen LogP) is 3.92. The van der Waals surface area contributed by atoms with Gasteiger partial charge in [-0.3, -0.25) is 4.79 Å². The third-order valence-corrected chi connectivity index (χ3v) is 3.33. The van der Waals surface area contributed by atoms with Crippen LogP contribution >= 0.6 is 0 Å². The van der Waals surface area contributed by atoms with Gasteiger partial charge in [0.2, 0.25) is 0 Å². The summed E-state index contributed by atoms with van der Waals surface area (Å²) in [6.07, 6.45) is 2.73. The zero-order valence-electron chi connectivity index (χ0n) is 13.0. The molecule has 3 rings (SSSR count). The van der Waals surface area contributed by atoms with Crippen LogP contribution in [-0.4, -0.2) is 15.9 Å². The first kappa shape index (κ1) is 15.6. The van der Waals surface area contributed by atoms with Gasteiger partial charge in [0.05, 0.1) is 18.1 Å². The van der Waals surface area contributed by atoms with E-state index in [0.29, 0.717) is 17.2 Å². The molecule has 0 aliphatic rings. The average molecular weight is 322 g/mol. The molecule has 1 aromatic heterocycles. The molecule has 3 aromatic rings. The van der Waals surface area contributed by atoms with E-state index in [2.05, 4.69) is 20.6 Å². The maximum absolute atomic E-state index is 13.6.